The van der Waals surface area contributed by atoms with Gasteiger partial charge in [-0.1, -0.05) is 18.2 Å². The summed E-state index contributed by atoms with van der Waals surface area (Å²) in [4.78, 5) is 10.9. The molecule has 0 fully saturated rings. The van der Waals surface area contributed by atoms with Crippen molar-refractivity contribution in [1.82, 2.24) is 9.97 Å². The third kappa shape index (κ3) is 3.33. The molecule has 0 saturated carbocycles. The SMILES string of the molecule is CN(C)c1nc2cc3c(cc2nc1NS(=O)(=O)c1ccccc1)OCCO3. The second-order valence-electron chi connectivity index (χ2n) is 6.19. The average Bonchev–Trinajstić information content (AvgIpc) is 2.66. The van der Waals surface area contributed by atoms with E-state index in [4.69, 9.17) is 9.47 Å². The molecule has 1 aliphatic heterocycles. The highest BCUT2D eigenvalue weighted by Crippen LogP contribution is 2.35. The van der Waals surface area contributed by atoms with Crippen LogP contribution in [0, 0.1) is 0 Å². The van der Waals surface area contributed by atoms with Crippen molar-refractivity contribution in [3.63, 3.8) is 0 Å². The van der Waals surface area contributed by atoms with Gasteiger partial charge in [0.05, 0.1) is 15.9 Å². The number of benzene rings is 2. The molecule has 0 atom stereocenters. The molecule has 3 aromatic rings. The molecule has 0 saturated heterocycles. The number of hydrogen-bond acceptors (Lipinski definition) is 7. The highest BCUT2D eigenvalue weighted by atomic mass is 32.2. The van der Waals surface area contributed by atoms with Crippen LogP contribution in [0.15, 0.2) is 47.4 Å². The molecule has 1 N–H and O–H groups in total. The molecule has 27 heavy (non-hydrogen) atoms. The van der Waals surface area contributed by atoms with Gasteiger partial charge in [-0.3, -0.25) is 4.72 Å². The lowest BCUT2D eigenvalue weighted by Crippen LogP contribution is -2.20. The van der Waals surface area contributed by atoms with E-state index in [-0.39, 0.29) is 10.7 Å². The van der Waals surface area contributed by atoms with E-state index < -0.39 is 10.0 Å². The third-order valence-corrected chi connectivity index (χ3v) is 5.37. The number of nitrogens with zero attached hydrogens (tertiary/aromatic N) is 3. The molecule has 4 rings (SSSR count). The summed E-state index contributed by atoms with van der Waals surface area (Å²) in [6, 6.07) is 11.6. The van der Waals surface area contributed by atoms with Gasteiger partial charge in [0, 0.05) is 26.2 Å². The maximum atomic E-state index is 12.7. The third-order valence-electron chi connectivity index (χ3n) is 4.02. The molecule has 9 heteroatoms. The van der Waals surface area contributed by atoms with Crippen LogP contribution in [0.25, 0.3) is 11.0 Å². The minimum atomic E-state index is -3.79. The smallest absolute Gasteiger partial charge is 0.263 e. The van der Waals surface area contributed by atoms with Crippen LogP contribution in [0.3, 0.4) is 0 Å². The fourth-order valence-electron chi connectivity index (χ4n) is 2.75. The van der Waals surface area contributed by atoms with E-state index in [1.54, 1.807) is 49.3 Å². The van der Waals surface area contributed by atoms with Crippen LogP contribution in [0.5, 0.6) is 11.5 Å². The summed E-state index contributed by atoms with van der Waals surface area (Å²) >= 11 is 0. The zero-order valence-corrected chi connectivity index (χ0v) is 15.7. The van der Waals surface area contributed by atoms with Crippen LogP contribution < -0.4 is 19.1 Å². The molecule has 1 aromatic heterocycles. The van der Waals surface area contributed by atoms with Gasteiger partial charge in [-0.25, -0.2) is 18.4 Å². The zero-order valence-electron chi connectivity index (χ0n) is 14.8. The topological polar surface area (TPSA) is 93.7 Å². The van der Waals surface area contributed by atoms with Gasteiger partial charge < -0.3 is 14.4 Å². The van der Waals surface area contributed by atoms with Crippen molar-refractivity contribution in [2.24, 2.45) is 0 Å². The normalized spacial score (nSPS) is 13.4. The quantitative estimate of drug-likeness (QED) is 0.735. The summed E-state index contributed by atoms with van der Waals surface area (Å²) < 4.78 is 39.1. The van der Waals surface area contributed by atoms with E-state index in [2.05, 4.69) is 14.7 Å². The first-order valence-corrected chi connectivity index (χ1v) is 9.79. The van der Waals surface area contributed by atoms with Crippen LogP contribution in [0.4, 0.5) is 11.6 Å². The first-order chi connectivity index (χ1) is 12.9. The molecule has 0 amide bonds. The van der Waals surface area contributed by atoms with Crippen LogP contribution in [0.2, 0.25) is 0 Å². The number of sulfonamides is 1. The second-order valence-corrected chi connectivity index (χ2v) is 7.88. The van der Waals surface area contributed by atoms with E-state index in [1.165, 1.54) is 12.1 Å². The lowest BCUT2D eigenvalue weighted by Gasteiger charge is -2.20. The molecule has 2 aromatic carbocycles. The fourth-order valence-corrected chi connectivity index (χ4v) is 3.77. The lowest BCUT2D eigenvalue weighted by atomic mass is 10.2. The Hall–Kier alpha value is -3.07. The highest BCUT2D eigenvalue weighted by Gasteiger charge is 2.21. The number of rotatable bonds is 4. The summed E-state index contributed by atoms with van der Waals surface area (Å²) in [6.07, 6.45) is 0. The molecule has 0 radical (unpaired) electrons. The Morgan fingerprint density at radius 3 is 2.15 bits per heavy atom. The van der Waals surface area contributed by atoms with Crippen molar-refractivity contribution >= 4 is 32.7 Å². The number of anilines is 2. The van der Waals surface area contributed by atoms with Crippen molar-refractivity contribution < 1.29 is 17.9 Å². The molecule has 0 aliphatic carbocycles. The van der Waals surface area contributed by atoms with Crippen LogP contribution in [-0.2, 0) is 10.0 Å². The van der Waals surface area contributed by atoms with Crippen molar-refractivity contribution in [2.75, 3.05) is 36.9 Å². The largest absolute Gasteiger partial charge is 0.486 e. The summed E-state index contributed by atoms with van der Waals surface area (Å²) in [7, 11) is -0.246. The first kappa shape index (κ1) is 17.3. The molecule has 8 nitrogen and oxygen atoms in total. The van der Waals surface area contributed by atoms with Crippen molar-refractivity contribution in [2.45, 2.75) is 4.90 Å². The molecule has 1 aliphatic rings. The Morgan fingerprint density at radius 1 is 0.963 bits per heavy atom. The summed E-state index contributed by atoms with van der Waals surface area (Å²) in [5, 5.41) is 0. The predicted molar refractivity (Wildman–Crippen MR) is 102 cm³/mol. The van der Waals surface area contributed by atoms with E-state index >= 15 is 0 Å². The number of fused-ring (bicyclic) bond motifs is 2. The summed E-state index contributed by atoms with van der Waals surface area (Å²) in [5.41, 5.74) is 1.10. The Morgan fingerprint density at radius 2 is 1.56 bits per heavy atom. The second kappa shape index (κ2) is 6.58. The first-order valence-electron chi connectivity index (χ1n) is 8.31. The van der Waals surface area contributed by atoms with E-state index in [0.29, 0.717) is 41.6 Å². The monoisotopic (exact) mass is 386 g/mol. The summed E-state index contributed by atoms with van der Waals surface area (Å²) in [6.45, 7) is 0.927. The van der Waals surface area contributed by atoms with Gasteiger partial charge in [0.15, 0.2) is 23.1 Å². The number of hydrogen-bond donors (Lipinski definition) is 1. The number of nitrogens with one attached hydrogen (secondary N) is 1. The summed E-state index contributed by atoms with van der Waals surface area (Å²) in [5.74, 6) is 1.72. The predicted octanol–water partition coefficient (Wildman–Crippen LogP) is 2.27. The highest BCUT2D eigenvalue weighted by molar-refractivity contribution is 7.92. The molecular weight excluding hydrogens is 368 g/mol. The Balaban J connectivity index is 1.82. The fraction of sp³-hybridized carbons (Fsp3) is 0.222. The van der Waals surface area contributed by atoms with Crippen molar-refractivity contribution in [3.05, 3.63) is 42.5 Å². The average molecular weight is 386 g/mol. The van der Waals surface area contributed by atoms with Gasteiger partial charge in [-0.15, -0.1) is 0 Å². The molecule has 0 unspecified atom stereocenters. The molecular formula is C18H18N4O4S. The Bertz CT molecular complexity index is 1100. The minimum Gasteiger partial charge on any atom is -0.486 e. The zero-order chi connectivity index (χ0) is 19.0. The van der Waals surface area contributed by atoms with E-state index in [9.17, 15) is 8.42 Å². The minimum absolute atomic E-state index is 0.146. The van der Waals surface area contributed by atoms with Gasteiger partial charge in [0.2, 0.25) is 0 Å². The number of ether oxygens (including phenoxy) is 2. The van der Waals surface area contributed by atoms with Crippen molar-refractivity contribution in [1.29, 1.82) is 0 Å². The standard InChI is InChI=1S/C18H18N4O4S/c1-22(2)18-17(21-27(23,24)12-6-4-3-5-7-12)19-13-10-15-16(11-14(13)20-18)26-9-8-25-15/h3-7,10-11H,8-9H2,1-2H3,(H,19,21). The molecule has 2 heterocycles. The maximum Gasteiger partial charge on any atom is 0.263 e. The lowest BCUT2D eigenvalue weighted by molar-refractivity contribution is 0.172. The van der Waals surface area contributed by atoms with Gasteiger partial charge in [0.1, 0.15) is 13.2 Å². The van der Waals surface area contributed by atoms with Gasteiger partial charge in [-0.05, 0) is 12.1 Å². The Kier molecular flexibility index (Phi) is 4.23. The van der Waals surface area contributed by atoms with E-state index in [1.807, 2.05) is 0 Å². The van der Waals surface area contributed by atoms with Gasteiger partial charge in [0.25, 0.3) is 10.0 Å². The molecule has 0 bridgehead atoms. The molecule has 0 spiro atoms. The molecule has 140 valence electrons. The van der Waals surface area contributed by atoms with Gasteiger partial charge >= 0.3 is 0 Å². The van der Waals surface area contributed by atoms with Crippen LogP contribution in [-0.4, -0.2) is 45.7 Å². The van der Waals surface area contributed by atoms with Crippen LogP contribution in [0.1, 0.15) is 0 Å². The van der Waals surface area contributed by atoms with Gasteiger partial charge in [-0.2, -0.15) is 0 Å². The number of aromatic nitrogens is 2. The van der Waals surface area contributed by atoms with Crippen LogP contribution >= 0.6 is 0 Å². The van der Waals surface area contributed by atoms with E-state index in [0.717, 1.165) is 0 Å². The Labute approximate surface area is 156 Å². The van der Waals surface area contributed by atoms with Crippen molar-refractivity contribution in [3.8, 4) is 11.5 Å². The maximum absolute atomic E-state index is 12.7.